The van der Waals surface area contributed by atoms with Gasteiger partial charge in [0.05, 0.1) is 9.75 Å². The Balaban J connectivity index is 2.01. The lowest BCUT2D eigenvalue weighted by Gasteiger charge is -2.41. The van der Waals surface area contributed by atoms with Gasteiger partial charge in [-0.2, -0.15) is 0 Å². The molecule has 0 saturated carbocycles. The summed E-state index contributed by atoms with van der Waals surface area (Å²) in [6.07, 6.45) is 3.22. The van der Waals surface area contributed by atoms with Crippen molar-refractivity contribution in [1.29, 1.82) is 0 Å². The van der Waals surface area contributed by atoms with E-state index in [-0.39, 0.29) is 0 Å². The highest BCUT2D eigenvalue weighted by Crippen LogP contribution is 2.39. The number of halogens is 1. The molecule has 3 nitrogen and oxygen atoms in total. The number of thiophene rings is 1. The summed E-state index contributed by atoms with van der Waals surface area (Å²) in [5.41, 5.74) is 0.732. The molecule has 1 aromatic heterocycles. The van der Waals surface area contributed by atoms with Gasteiger partial charge in [0.15, 0.2) is 0 Å². The molecule has 0 aromatic carbocycles. The maximum Gasteiger partial charge on any atom is 0.309 e. The van der Waals surface area contributed by atoms with Gasteiger partial charge < -0.3 is 5.11 Å². The first kappa shape index (κ1) is 15.8. The quantitative estimate of drug-likeness (QED) is 0.874. The molecule has 1 atom stereocenters. The number of carboxylic acid groups (broad SMARTS) is 1. The van der Waals surface area contributed by atoms with Crippen molar-refractivity contribution in [3.63, 3.8) is 0 Å². The van der Waals surface area contributed by atoms with Crippen LogP contribution in [0.4, 0.5) is 0 Å². The lowest BCUT2D eigenvalue weighted by Crippen LogP contribution is -2.45. The molecule has 1 N–H and O–H groups in total. The van der Waals surface area contributed by atoms with Crippen LogP contribution in [0.2, 0.25) is 4.34 Å². The van der Waals surface area contributed by atoms with E-state index in [2.05, 4.69) is 24.1 Å². The van der Waals surface area contributed by atoms with Crippen molar-refractivity contribution in [3.05, 3.63) is 21.3 Å². The Bertz CT molecular complexity index is 466. The van der Waals surface area contributed by atoms with Crippen molar-refractivity contribution in [2.75, 3.05) is 13.1 Å². The summed E-state index contributed by atoms with van der Waals surface area (Å²) >= 11 is 7.55. The average molecular weight is 316 g/mol. The van der Waals surface area contributed by atoms with Crippen LogP contribution < -0.4 is 0 Å². The molecule has 1 unspecified atom stereocenters. The molecule has 0 amide bonds. The Kier molecular flexibility index (Phi) is 5.10. The summed E-state index contributed by atoms with van der Waals surface area (Å²) in [6.45, 7) is 5.93. The Morgan fingerprint density at radius 2 is 2.20 bits per heavy atom. The number of likely N-dealkylation sites (tertiary alicyclic amines) is 1. The maximum absolute atomic E-state index is 11.6. The first-order valence-electron chi connectivity index (χ1n) is 7.20. The Hall–Kier alpha value is -0.580. The fourth-order valence-electron chi connectivity index (χ4n) is 3.14. The number of aliphatic carboxylic acids is 1. The van der Waals surface area contributed by atoms with Gasteiger partial charge in [-0.05, 0) is 56.3 Å². The highest BCUT2D eigenvalue weighted by molar-refractivity contribution is 7.14. The number of hydrogen-bond donors (Lipinski definition) is 1. The summed E-state index contributed by atoms with van der Waals surface area (Å²) in [5, 5.41) is 11.6. The van der Waals surface area contributed by atoms with Crippen LogP contribution in [0.15, 0.2) is 11.4 Å². The fourth-order valence-corrected chi connectivity index (χ4v) is 4.12. The molecule has 1 aliphatic heterocycles. The highest BCUT2D eigenvalue weighted by Gasteiger charge is 2.41. The predicted octanol–water partition coefficient (Wildman–Crippen LogP) is 4.43. The van der Waals surface area contributed by atoms with Gasteiger partial charge >= 0.3 is 5.97 Å². The summed E-state index contributed by atoms with van der Waals surface area (Å²) in [4.78, 5) is 14.0. The molecule has 1 aliphatic rings. The molecule has 1 aromatic rings. The van der Waals surface area contributed by atoms with Crippen LogP contribution in [0.3, 0.4) is 0 Å². The monoisotopic (exact) mass is 315 g/mol. The normalized spacial score (nSPS) is 20.8. The molecular formula is C15H22ClNO2S. The zero-order chi connectivity index (χ0) is 14.8. The molecule has 0 bridgehead atoms. The minimum atomic E-state index is -0.620. The van der Waals surface area contributed by atoms with Crippen molar-refractivity contribution in [1.82, 2.24) is 4.90 Å². The summed E-state index contributed by atoms with van der Waals surface area (Å²) in [6, 6.07) is 2.33. The van der Waals surface area contributed by atoms with Gasteiger partial charge in [-0.25, -0.2) is 0 Å². The van der Waals surface area contributed by atoms with Gasteiger partial charge in [0.2, 0.25) is 0 Å². The van der Waals surface area contributed by atoms with Gasteiger partial charge in [0.1, 0.15) is 0 Å². The van der Waals surface area contributed by atoms with E-state index in [1.54, 1.807) is 11.3 Å². The van der Waals surface area contributed by atoms with Crippen LogP contribution in [0, 0.1) is 5.41 Å². The number of carboxylic acids is 1. The SMILES string of the molecule is CCCC1(C(=O)O)CCN(C(C)c2csc(Cl)c2)CC1. The molecule has 0 aliphatic carbocycles. The molecule has 1 saturated heterocycles. The molecule has 112 valence electrons. The molecule has 2 rings (SSSR count). The Labute approximate surface area is 129 Å². The average Bonchev–Trinajstić information content (AvgIpc) is 2.85. The third-order valence-corrected chi connectivity index (χ3v) is 5.66. The van der Waals surface area contributed by atoms with Crippen LogP contribution >= 0.6 is 22.9 Å². The maximum atomic E-state index is 11.6. The fraction of sp³-hybridized carbons (Fsp3) is 0.667. The molecular weight excluding hydrogens is 294 g/mol. The number of nitrogens with zero attached hydrogens (tertiary/aromatic N) is 1. The Morgan fingerprint density at radius 3 is 2.65 bits per heavy atom. The van der Waals surface area contributed by atoms with E-state index < -0.39 is 11.4 Å². The Morgan fingerprint density at radius 1 is 1.55 bits per heavy atom. The molecule has 1 fully saturated rings. The second-order valence-corrected chi connectivity index (χ2v) is 7.27. The van der Waals surface area contributed by atoms with E-state index in [9.17, 15) is 9.90 Å². The van der Waals surface area contributed by atoms with Crippen molar-refractivity contribution >= 4 is 28.9 Å². The van der Waals surface area contributed by atoms with Crippen molar-refractivity contribution in [2.45, 2.75) is 45.6 Å². The van der Waals surface area contributed by atoms with Gasteiger partial charge in [-0.1, -0.05) is 24.9 Å². The highest BCUT2D eigenvalue weighted by atomic mass is 35.5. The van der Waals surface area contributed by atoms with E-state index in [0.29, 0.717) is 6.04 Å². The number of rotatable bonds is 5. The van der Waals surface area contributed by atoms with E-state index >= 15 is 0 Å². The van der Waals surface area contributed by atoms with Crippen molar-refractivity contribution < 1.29 is 9.90 Å². The predicted molar refractivity (Wildman–Crippen MR) is 83.5 cm³/mol. The standard InChI is InChI=1S/C15H22ClNO2S/c1-3-4-15(14(18)19)5-7-17(8-6-15)11(2)12-9-13(16)20-10-12/h9-11H,3-8H2,1-2H3,(H,18,19). The van der Waals surface area contributed by atoms with Gasteiger partial charge in [0, 0.05) is 6.04 Å². The summed E-state index contributed by atoms with van der Waals surface area (Å²) in [7, 11) is 0. The molecule has 20 heavy (non-hydrogen) atoms. The van der Waals surface area contributed by atoms with E-state index in [0.717, 1.165) is 43.1 Å². The number of hydrogen-bond acceptors (Lipinski definition) is 3. The number of carbonyl (C=O) groups is 1. The molecule has 5 heteroatoms. The third-order valence-electron chi connectivity index (χ3n) is 4.56. The van der Waals surface area contributed by atoms with Gasteiger partial charge in [0.25, 0.3) is 0 Å². The van der Waals surface area contributed by atoms with Gasteiger partial charge in [-0.3, -0.25) is 9.69 Å². The lowest BCUT2D eigenvalue weighted by molar-refractivity contribution is -0.153. The second-order valence-electron chi connectivity index (χ2n) is 5.73. The molecule has 0 spiro atoms. The third kappa shape index (κ3) is 3.18. The topological polar surface area (TPSA) is 40.5 Å². The van der Waals surface area contributed by atoms with E-state index in [4.69, 9.17) is 11.6 Å². The smallest absolute Gasteiger partial charge is 0.309 e. The first-order chi connectivity index (χ1) is 9.48. The van der Waals surface area contributed by atoms with E-state index in [1.807, 2.05) is 6.07 Å². The minimum absolute atomic E-state index is 0.312. The van der Waals surface area contributed by atoms with Crippen molar-refractivity contribution in [2.24, 2.45) is 5.41 Å². The van der Waals surface area contributed by atoms with E-state index in [1.165, 1.54) is 5.56 Å². The first-order valence-corrected chi connectivity index (χ1v) is 8.45. The van der Waals surface area contributed by atoms with Gasteiger partial charge in [-0.15, -0.1) is 11.3 Å². The largest absolute Gasteiger partial charge is 0.481 e. The van der Waals surface area contributed by atoms with Crippen LogP contribution in [0.5, 0.6) is 0 Å². The van der Waals surface area contributed by atoms with Crippen molar-refractivity contribution in [3.8, 4) is 0 Å². The number of piperidine rings is 1. The lowest BCUT2D eigenvalue weighted by atomic mass is 9.74. The molecule has 2 heterocycles. The zero-order valence-corrected chi connectivity index (χ0v) is 13.6. The van der Waals surface area contributed by atoms with Crippen LogP contribution in [0.25, 0.3) is 0 Å². The molecule has 0 radical (unpaired) electrons. The van der Waals surface area contributed by atoms with Crippen LogP contribution in [0.1, 0.15) is 51.1 Å². The zero-order valence-electron chi connectivity index (χ0n) is 12.1. The van der Waals surface area contributed by atoms with Crippen LogP contribution in [-0.2, 0) is 4.79 Å². The second kappa shape index (κ2) is 6.46. The van der Waals surface area contributed by atoms with Crippen LogP contribution in [-0.4, -0.2) is 29.1 Å². The summed E-state index contributed by atoms with van der Waals surface area (Å²) in [5.74, 6) is -0.620. The minimum Gasteiger partial charge on any atom is -0.481 e. The summed E-state index contributed by atoms with van der Waals surface area (Å²) < 4.78 is 0.815.